The number of methoxy groups -OCH3 is 1. The quantitative estimate of drug-likeness (QED) is 0.841. The van der Waals surface area contributed by atoms with Crippen molar-refractivity contribution in [2.75, 3.05) is 7.11 Å². The van der Waals surface area contributed by atoms with Crippen molar-refractivity contribution in [3.8, 4) is 5.75 Å². The number of esters is 1. The van der Waals surface area contributed by atoms with E-state index in [2.05, 4.69) is 15.9 Å². The molecule has 94 valence electrons. The Morgan fingerprint density at radius 1 is 1.53 bits per heavy atom. The molecule has 0 saturated heterocycles. The number of benzene rings is 1. The summed E-state index contributed by atoms with van der Waals surface area (Å²) in [6.45, 7) is 3.45. The van der Waals surface area contributed by atoms with Gasteiger partial charge in [0, 0.05) is 6.04 Å². The van der Waals surface area contributed by atoms with Gasteiger partial charge in [-0.2, -0.15) is 0 Å². The predicted molar refractivity (Wildman–Crippen MR) is 68.5 cm³/mol. The zero-order valence-corrected chi connectivity index (χ0v) is 11.6. The first-order valence-electron chi connectivity index (χ1n) is 5.13. The Labute approximate surface area is 109 Å². The SMILES string of the molecule is COC(=O)C(C)(C)[C@@H](N)c1ccc(O)c(Br)c1. The fourth-order valence-electron chi connectivity index (χ4n) is 1.52. The van der Waals surface area contributed by atoms with Crippen LogP contribution in [0.4, 0.5) is 0 Å². The topological polar surface area (TPSA) is 72.5 Å². The number of carbonyl (C=O) groups is 1. The van der Waals surface area contributed by atoms with Gasteiger partial charge < -0.3 is 15.6 Å². The van der Waals surface area contributed by atoms with Crippen molar-refractivity contribution in [3.05, 3.63) is 28.2 Å². The van der Waals surface area contributed by atoms with Crippen molar-refractivity contribution in [1.82, 2.24) is 0 Å². The van der Waals surface area contributed by atoms with E-state index in [0.717, 1.165) is 5.56 Å². The Kier molecular flexibility index (Phi) is 4.16. The van der Waals surface area contributed by atoms with Gasteiger partial charge in [-0.25, -0.2) is 0 Å². The summed E-state index contributed by atoms with van der Waals surface area (Å²) in [6.07, 6.45) is 0. The van der Waals surface area contributed by atoms with Crippen LogP contribution in [0.15, 0.2) is 22.7 Å². The molecule has 4 nitrogen and oxygen atoms in total. The third-order valence-corrected chi connectivity index (χ3v) is 3.46. The fourth-order valence-corrected chi connectivity index (χ4v) is 1.92. The highest BCUT2D eigenvalue weighted by molar-refractivity contribution is 9.10. The normalized spacial score (nSPS) is 13.2. The maximum Gasteiger partial charge on any atom is 0.313 e. The minimum absolute atomic E-state index is 0.136. The summed E-state index contributed by atoms with van der Waals surface area (Å²) >= 11 is 3.21. The molecule has 0 fully saturated rings. The molecule has 0 aliphatic heterocycles. The molecule has 0 unspecified atom stereocenters. The Morgan fingerprint density at radius 2 is 2.12 bits per heavy atom. The molecule has 1 aromatic rings. The number of phenolic OH excluding ortho intramolecular Hbond substituents is 1. The number of rotatable bonds is 3. The van der Waals surface area contributed by atoms with Crippen LogP contribution in [0.3, 0.4) is 0 Å². The van der Waals surface area contributed by atoms with Gasteiger partial charge in [-0.15, -0.1) is 0 Å². The monoisotopic (exact) mass is 301 g/mol. The Bertz CT molecular complexity index is 432. The molecule has 0 saturated carbocycles. The van der Waals surface area contributed by atoms with E-state index in [-0.39, 0.29) is 11.7 Å². The first-order chi connectivity index (χ1) is 7.80. The van der Waals surface area contributed by atoms with Crippen molar-refractivity contribution >= 4 is 21.9 Å². The highest BCUT2D eigenvalue weighted by Gasteiger charge is 2.36. The highest BCUT2D eigenvalue weighted by Crippen LogP contribution is 2.35. The number of hydrogen-bond donors (Lipinski definition) is 2. The van der Waals surface area contributed by atoms with Crippen LogP contribution in [-0.2, 0) is 9.53 Å². The molecule has 0 aliphatic carbocycles. The minimum atomic E-state index is -0.828. The molecule has 17 heavy (non-hydrogen) atoms. The van der Waals surface area contributed by atoms with Crippen LogP contribution in [0.2, 0.25) is 0 Å². The van der Waals surface area contributed by atoms with Gasteiger partial charge in [0.1, 0.15) is 5.75 Å². The van der Waals surface area contributed by atoms with Crippen LogP contribution < -0.4 is 5.73 Å². The number of halogens is 1. The average molecular weight is 302 g/mol. The van der Waals surface area contributed by atoms with E-state index in [0.29, 0.717) is 4.47 Å². The molecule has 0 spiro atoms. The van der Waals surface area contributed by atoms with Gasteiger partial charge in [0.2, 0.25) is 0 Å². The zero-order chi connectivity index (χ0) is 13.2. The highest BCUT2D eigenvalue weighted by atomic mass is 79.9. The van der Waals surface area contributed by atoms with E-state index in [1.165, 1.54) is 13.2 Å². The van der Waals surface area contributed by atoms with E-state index >= 15 is 0 Å². The second-order valence-electron chi connectivity index (χ2n) is 4.40. The lowest BCUT2D eigenvalue weighted by Gasteiger charge is -2.29. The van der Waals surface area contributed by atoms with Crippen molar-refractivity contribution in [2.45, 2.75) is 19.9 Å². The molecule has 1 aromatic carbocycles. The fraction of sp³-hybridized carbons (Fsp3) is 0.417. The Hall–Kier alpha value is -1.07. The van der Waals surface area contributed by atoms with Crippen molar-refractivity contribution in [3.63, 3.8) is 0 Å². The molecule has 0 aromatic heterocycles. The molecule has 3 N–H and O–H groups in total. The molecule has 0 amide bonds. The van der Waals surface area contributed by atoms with Crippen LogP contribution >= 0.6 is 15.9 Å². The van der Waals surface area contributed by atoms with Gasteiger partial charge in [0.05, 0.1) is 17.0 Å². The number of phenols is 1. The maximum absolute atomic E-state index is 11.6. The smallest absolute Gasteiger partial charge is 0.313 e. The summed E-state index contributed by atoms with van der Waals surface area (Å²) in [5.41, 5.74) is 5.99. The lowest BCUT2D eigenvalue weighted by Crippen LogP contribution is -2.37. The number of hydrogen-bond acceptors (Lipinski definition) is 4. The molecule has 5 heteroatoms. The summed E-state index contributed by atoms with van der Waals surface area (Å²) in [5.74, 6) is -0.231. The number of nitrogens with two attached hydrogens (primary N) is 1. The Balaban J connectivity index is 3.07. The van der Waals surface area contributed by atoms with Gasteiger partial charge in [0.25, 0.3) is 0 Å². The van der Waals surface area contributed by atoms with Crippen LogP contribution in [0.25, 0.3) is 0 Å². The van der Waals surface area contributed by atoms with Gasteiger partial charge in [-0.1, -0.05) is 6.07 Å². The van der Waals surface area contributed by atoms with Crippen molar-refractivity contribution in [1.29, 1.82) is 0 Å². The van der Waals surface area contributed by atoms with E-state index < -0.39 is 11.5 Å². The van der Waals surface area contributed by atoms with E-state index in [9.17, 15) is 9.90 Å². The van der Waals surface area contributed by atoms with Crippen LogP contribution in [0, 0.1) is 5.41 Å². The third-order valence-electron chi connectivity index (χ3n) is 2.82. The van der Waals surface area contributed by atoms with Crippen molar-refractivity contribution in [2.24, 2.45) is 11.1 Å². The summed E-state index contributed by atoms with van der Waals surface area (Å²) in [6, 6.07) is 4.42. The summed E-state index contributed by atoms with van der Waals surface area (Å²) in [4.78, 5) is 11.6. The molecule has 0 radical (unpaired) electrons. The Morgan fingerprint density at radius 3 is 2.59 bits per heavy atom. The van der Waals surface area contributed by atoms with Gasteiger partial charge in [-0.3, -0.25) is 4.79 Å². The van der Waals surface area contributed by atoms with Crippen LogP contribution in [0.5, 0.6) is 5.75 Å². The molecule has 0 bridgehead atoms. The predicted octanol–water partition coefficient (Wildman–Crippen LogP) is 2.35. The average Bonchev–Trinajstić information content (AvgIpc) is 2.30. The van der Waals surface area contributed by atoms with E-state index in [1.807, 2.05) is 0 Å². The van der Waals surface area contributed by atoms with E-state index in [4.69, 9.17) is 10.5 Å². The van der Waals surface area contributed by atoms with Gasteiger partial charge in [0.15, 0.2) is 0 Å². The number of aromatic hydroxyl groups is 1. The number of ether oxygens (including phenoxy) is 1. The molecule has 0 aliphatic rings. The van der Waals surface area contributed by atoms with Crippen molar-refractivity contribution < 1.29 is 14.6 Å². The molecule has 1 rings (SSSR count). The zero-order valence-electron chi connectivity index (χ0n) is 10.0. The summed E-state index contributed by atoms with van der Waals surface area (Å²) in [7, 11) is 1.34. The first kappa shape index (κ1) is 14.0. The lowest BCUT2D eigenvalue weighted by atomic mass is 9.81. The second kappa shape index (κ2) is 5.06. The second-order valence-corrected chi connectivity index (χ2v) is 5.26. The largest absolute Gasteiger partial charge is 0.507 e. The standard InChI is InChI=1S/C12H16BrNO3/c1-12(2,11(16)17-3)10(14)7-4-5-9(15)8(13)6-7/h4-6,10,15H,14H2,1-3H3/t10-/m0/s1. The van der Waals surface area contributed by atoms with Crippen LogP contribution in [-0.4, -0.2) is 18.2 Å². The molecular weight excluding hydrogens is 286 g/mol. The van der Waals surface area contributed by atoms with Gasteiger partial charge >= 0.3 is 5.97 Å². The van der Waals surface area contributed by atoms with E-state index in [1.54, 1.807) is 26.0 Å². The molecule has 1 atom stereocenters. The van der Waals surface area contributed by atoms with Crippen LogP contribution in [0.1, 0.15) is 25.5 Å². The minimum Gasteiger partial charge on any atom is -0.507 e. The summed E-state index contributed by atoms with van der Waals surface area (Å²) < 4.78 is 5.28. The third kappa shape index (κ3) is 2.79. The molecule has 0 heterocycles. The number of carbonyl (C=O) groups excluding carboxylic acids is 1. The lowest BCUT2D eigenvalue weighted by molar-refractivity contribution is -0.152. The maximum atomic E-state index is 11.6. The molecular formula is C12H16BrNO3. The first-order valence-corrected chi connectivity index (χ1v) is 5.92. The van der Waals surface area contributed by atoms with Gasteiger partial charge in [-0.05, 0) is 47.5 Å². The summed E-state index contributed by atoms with van der Waals surface area (Å²) in [5, 5.41) is 9.40.